The molecule has 0 spiro atoms. The molecule has 3 aliphatic heterocycles. The zero-order valence-electron chi connectivity index (χ0n) is 64.3. The number of halogens is 1. The first-order chi connectivity index (χ1) is 52.2. The molecular formula is C76H102IN6O24S3+. The van der Waals surface area contributed by atoms with Gasteiger partial charge in [-0.25, -0.2) is 4.79 Å². The molecule has 2 aromatic carbocycles. The predicted molar refractivity (Wildman–Crippen MR) is 417 cm³/mol. The molecule has 34 heteroatoms. The van der Waals surface area contributed by atoms with Crippen LogP contribution >= 0.6 is 55.9 Å². The highest BCUT2D eigenvalue weighted by Gasteiger charge is 2.52. The quantitative estimate of drug-likeness (QED) is 0.00594. The number of ether oxygens (including phenoxy) is 12. The number of rotatable bonds is 31. The van der Waals surface area contributed by atoms with E-state index in [0.717, 1.165) is 18.9 Å². The number of benzene rings is 2. The summed E-state index contributed by atoms with van der Waals surface area (Å²) in [5.74, 6) is 7.09. The third-order valence-corrected chi connectivity index (χ3v) is 24.9. The van der Waals surface area contributed by atoms with Gasteiger partial charge in [0.25, 0.3) is 0 Å². The highest BCUT2D eigenvalue weighted by atomic mass is 127. The predicted octanol–water partition coefficient (Wildman–Crippen LogP) is 6.37. The summed E-state index contributed by atoms with van der Waals surface area (Å²) in [7, 11) is 10.9. The number of alkyl carbamates (subject to hydrolysis) is 1. The maximum atomic E-state index is 14.6. The number of carbonyl (C=O) groups excluding carboxylic acids is 6. The van der Waals surface area contributed by atoms with Crippen LogP contribution in [0.2, 0.25) is 0 Å². The van der Waals surface area contributed by atoms with Crippen LogP contribution in [-0.2, 0) is 61.9 Å². The second-order valence-electron chi connectivity index (χ2n) is 27.6. The molecule has 0 radical (unpaired) electrons. The Morgan fingerprint density at radius 3 is 2.26 bits per heavy atom. The topological polar surface area (TPSA) is 389 Å². The Balaban J connectivity index is 1.14. The molecule has 8 N–H and O–H groups in total. The van der Waals surface area contributed by atoms with E-state index in [1.807, 2.05) is 43.4 Å². The largest absolute Gasteiger partial charge is 0.494 e. The monoisotopic (exact) mass is 1710 g/mol. The number of terminal acetylenes is 1. The van der Waals surface area contributed by atoms with Crippen molar-refractivity contribution in [2.24, 2.45) is 11.0 Å². The van der Waals surface area contributed by atoms with Gasteiger partial charge in [0.1, 0.15) is 42.4 Å². The number of ketones is 1. The summed E-state index contributed by atoms with van der Waals surface area (Å²) >= 11 is 2.92. The fourth-order valence-electron chi connectivity index (χ4n) is 13.3. The summed E-state index contributed by atoms with van der Waals surface area (Å²) in [5.41, 5.74) is 2.45. The molecule has 3 heterocycles. The number of Topliss-reactive ketones (excluding diaryl/α,β-unsaturated/α-hetero) is 1. The molecule has 4 fully saturated rings. The number of hydroxylamine groups is 1. The summed E-state index contributed by atoms with van der Waals surface area (Å²) in [5, 5.41) is 67.0. The Bertz CT molecular complexity index is 3860. The van der Waals surface area contributed by atoms with Gasteiger partial charge in [-0.3, -0.25) is 34.1 Å². The molecule has 0 bridgehead atoms. The molecule has 0 aromatic heterocycles. The molecule has 30 nitrogen and oxygen atoms in total. The number of allylic oxidation sites excluding steroid dienone is 3. The van der Waals surface area contributed by atoms with Crippen molar-refractivity contribution in [3.05, 3.63) is 92.4 Å². The zero-order valence-corrected chi connectivity index (χ0v) is 68.9. The molecule has 18 unspecified atom stereocenters. The van der Waals surface area contributed by atoms with Crippen LogP contribution in [0.1, 0.15) is 122 Å². The van der Waals surface area contributed by atoms with Crippen molar-refractivity contribution >= 4 is 96.4 Å². The highest BCUT2D eigenvalue weighted by molar-refractivity contribution is 14.1. The van der Waals surface area contributed by atoms with Crippen molar-refractivity contribution in [2.45, 2.75) is 221 Å². The average molecular weight is 1710 g/mol. The lowest BCUT2D eigenvalue weighted by Gasteiger charge is -2.47. The second kappa shape index (κ2) is 42.1. The molecule has 4 amide bonds. The summed E-state index contributed by atoms with van der Waals surface area (Å²) in [6, 6.07) is 5.31. The van der Waals surface area contributed by atoms with E-state index in [-0.39, 0.29) is 89.0 Å². The van der Waals surface area contributed by atoms with Crippen LogP contribution in [0.25, 0.3) is 0 Å². The second-order valence-corrected chi connectivity index (χ2v) is 32.9. The summed E-state index contributed by atoms with van der Waals surface area (Å²) in [4.78, 5) is 92.1. The standard InChI is InChI=1S/C76H101IN6O24S3/c1-18-20-21-22-24-52(58-48(76(11,94)36-51(86)61(58)79-74(93)99-17)30-32-108-110-75(9,10)37-55(88)81-80-41(5)45-26-28-46(29-27-45)100-31-23-25-54(87)78-12)104-73-68(105-56-35-53(95-13)49(38-101-56)83(19-2)44(8)84)63(90)60(42(6)102-73)82-107-47-33-39(3)70(50(85)34-47)109-71(92)57-40(4)59(77)66(69(98-16)65(57)96-14)106-72-64(91)67(97-15)62(89)43(7)103-72/h1,19-21,26-30,39,42-43,47,49-50,52-53,56,60,62-64,67-68,70,72-73,82,85,89-91,94H,2,23,25,31-38H2,3-17H3,(H-,78,79,87,93)/p+1/b21-20-,48-30+/t39?,42?,43?,47?,49?,50?,52-,53?,56?,60?,62?,63?,64?,67?,68?,70?,72?,73?,76?/m0/s1. The number of thioether (sulfide) groups is 1. The van der Waals surface area contributed by atoms with Gasteiger partial charge in [0.05, 0.1) is 114 Å². The smallest absolute Gasteiger partial charge is 0.411 e. The molecule has 3 saturated heterocycles. The van der Waals surface area contributed by atoms with Gasteiger partial charge in [-0.2, -0.15) is 5.48 Å². The van der Waals surface area contributed by atoms with Crippen LogP contribution in [0.15, 0.2) is 77.2 Å². The molecular weight excluding hydrogens is 1600 g/mol. The van der Waals surface area contributed by atoms with Crippen molar-refractivity contribution in [2.75, 3.05) is 61.6 Å². The molecule has 5 aliphatic rings. The van der Waals surface area contributed by atoms with Gasteiger partial charge in [0, 0.05) is 88.3 Å². The first kappa shape index (κ1) is 90.7. The number of amides is 4. The third-order valence-electron chi connectivity index (χ3n) is 19.0. The minimum absolute atomic E-state index is 0.0107. The van der Waals surface area contributed by atoms with E-state index in [4.69, 9.17) is 68.1 Å². The molecule has 110 heavy (non-hydrogen) atoms. The minimum atomic E-state index is -1.96. The van der Waals surface area contributed by atoms with E-state index >= 15 is 0 Å². The number of methoxy groups -OCH3 is 5. The van der Waals surface area contributed by atoms with Gasteiger partial charge in [0.2, 0.25) is 29.0 Å². The Hall–Kier alpha value is -6.46. The fraction of sp³-hybridized carbons (Fsp3) is 0.592. The Morgan fingerprint density at radius 2 is 1.64 bits per heavy atom. The molecule has 7 rings (SSSR count). The molecule has 604 valence electrons. The van der Waals surface area contributed by atoms with Crippen LogP contribution in [-0.4, -0.2) is 251 Å². The summed E-state index contributed by atoms with van der Waals surface area (Å²) < 4.78 is 72.0. The van der Waals surface area contributed by atoms with Crippen LogP contribution in [0.5, 0.6) is 23.0 Å². The van der Waals surface area contributed by atoms with Gasteiger partial charge in [-0.05, 0) is 130 Å². The lowest BCUT2D eigenvalue weighted by atomic mass is 9.76. The SMILES string of the molecule is C#C/C=C\C#C[C@H](OC1OC(C)C(NOC2CC(C)C(SC(=O)c3c(C)c(I)c(OC4OC(C)C(O)C(OC)C4O)c(OC)c3OC)C(O)C2)C(O)C1OC1CC(OC)C(N(C=C)C(C)=O)CO1)C1=C(NC(=O)OC)C(=O)CC(C)(O)/C1=C/CSSC(C)(C)CC(=O)N=[N+]=C(C)c1ccc(OCCCC(=O)NC)cc1. The van der Waals surface area contributed by atoms with Crippen molar-refractivity contribution in [1.29, 1.82) is 0 Å². The first-order valence-corrected chi connectivity index (χ1v) is 39.9. The molecule has 1 saturated carbocycles. The summed E-state index contributed by atoms with van der Waals surface area (Å²) in [6.45, 7) is 19.0. The zero-order chi connectivity index (χ0) is 81.1. The van der Waals surface area contributed by atoms with E-state index in [1.165, 1.54) is 87.1 Å². The van der Waals surface area contributed by atoms with Gasteiger partial charge >= 0.3 is 17.7 Å². The van der Waals surface area contributed by atoms with Gasteiger partial charge < -0.3 is 92.6 Å². The number of hydrogen-bond acceptors (Lipinski definition) is 28. The van der Waals surface area contributed by atoms with E-state index in [0.29, 0.717) is 52.0 Å². The normalized spacial score (nSPS) is 29.0. The van der Waals surface area contributed by atoms with E-state index in [9.17, 15) is 54.3 Å². The maximum absolute atomic E-state index is 14.6. The molecule has 2 aromatic rings. The van der Waals surface area contributed by atoms with Crippen molar-refractivity contribution in [3.8, 4) is 47.2 Å². The number of nitrogens with one attached hydrogen (secondary N) is 3. The first-order valence-electron chi connectivity index (χ1n) is 35.6. The van der Waals surface area contributed by atoms with Crippen LogP contribution < -0.4 is 35.1 Å². The number of nitrogens with zero attached hydrogens (tertiary/aromatic N) is 3. The lowest BCUT2D eigenvalue weighted by Crippen LogP contribution is -2.65. The van der Waals surface area contributed by atoms with Crippen LogP contribution in [0, 0.1) is 40.6 Å². The summed E-state index contributed by atoms with van der Waals surface area (Å²) in [6.07, 6.45) is -6.18. The van der Waals surface area contributed by atoms with Crippen LogP contribution in [0.3, 0.4) is 0 Å². The van der Waals surface area contributed by atoms with Crippen LogP contribution in [0.4, 0.5) is 4.79 Å². The number of hydrogen-bond donors (Lipinski definition) is 8. The maximum Gasteiger partial charge on any atom is 0.411 e. The van der Waals surface area contributed by atoms with Gasteiger partial charge in [-0.15, -0.1) is 6.42 Å². The van der Waals surface area contributed by atoms with Crippen molar-refractivity contribution < 1.29 is 121 Å². The third kappa shape index (κ3) is 23.4. The average Bonchev–Trinajstić information content (AvgIpc) is 0.765. The number of aliphatic hydroxyl groups is 5. The van der Waals surface area contributed by atoms with Crippen molar-refractivity contribution in [3.63, 3.8) is 0 Å². The number of carbonyl (C=O) groups is 6. The Morgan fingerprint density at radius 1 is 0.936 bits per heavy atom. The van der Waals surface area contributed by atoms with E-state index < -0.39 is 143 Å². The molecule has 19 atom stereocenters. The Labute approximate surface area is 667 Å². The lowest BCUT2D eigenvalue weighted by molar-refractivity contribution is -0.332. The molecule has 2 aliphatic carbocycles. The minimum Gasteiger partial charge on any atom is -0.494 e. The highest BCUT2D eigenvalue weighted by Crippen LogP contribution is 2.50. The Kier molecular flexibility index (Phi) is 34.7. The fourth-order valence-corrected chi connectivity index (χ4v) is 17.5. The van der Waals surface area contributed by atoms with Crippen molar-refractivity contribution in [1.82, 2.24) is 21.0 Å². The van der Waals surface area contributed by atoms with E-state index in [1.54, 1.807) is 65.1 Å². The van der Waals surface area contributed by atoms with Gasteiger partial charge in [-0.1, -0.05) is 70.7 Å². The van der Waals surface area contributed by atoms with Gasteiger partial charge in [0.15, 0.2) is 35.0 Å². The van der Waals surface area contributed by atoms with E-state index in [2.05, 4.69) is 50.4 Å². The number of aliphatic hydroxyl groups excluding tert-OH is 4.